The third-order valence-corrected chi connectivity index (χ3v) is 9.59. The van der Waals surface area contributed by atoms with Gasteiger partial charge in [-0.05, 0) is 61.7 Å². The van der Waals surface area contributed by atoms with E-state index in [9.17, 15) is 22.4 Å². The summed E-state index contributed by atoms with van der Waals surface area (Å²) in [4.78, 5) is 29.7. The number of amides is 2. The third kappa shape index (κ3) is 8.71. The minimum atomic E-state index is -4.32. The van der Waals surface area contributed by atoms with Crippen LogP contribution in [0.25, 0.3) is 0 Å². The van der Waals surface area contributed by atoms with Crippen molar-refractivity contribution in [1.82, 2.24) is 10.2 Å². The molecule has 1 N–H and O–H groups in total. The summed E-state index contributed by atoms with van der Waals surface area (Å²) in [5.74, 6) is -1.69. The predicted molar refractivity (Wildman–Crippen MR) is 176 cm³/mol. The number of sulfonamides is 1. The first kappa shape index (κ1) is 33.7. The van der Waals surface area contributed by atoms with E-state index in [1.54, 1.807) is 18.2 Å². The Labute approximate surface area is 269 Å². The fourth-order valence-corrected chi connectivity index (χ4v) is 6.49. The number of nitrogens with one attached hydrogen (secondary N) is 1. The summed E-state index contributed by atoms with van der Waals surface area (Å²) in [6.45, 7) is 5.16. The first-order valence-corrected chi connectivity index (χ1v) is 16.5. The maximum absolute atomic E-state index is 14.5. The third-order valence-electron chi connectivity index (χ3n) is 7.51. The van der Waals surface area contributed by atoms with E-state index >= 15 is 0 Å². The van der Waals surface area contributed by atoms with E-state index < -0.39 is 34.3 Å². The number of benzene rings is 4. The lowest BCUT2D eigenvalue weighted by Crippen LogP contribution is -2.54. The first-order chi connectivity index (χ1) is 21.5. The molecule has 0 radical (unpaired) electrons. The maximum atomic E-state index is 14.5. The summed E-state index contributed by atoms with van der Waals surface area (Å²) in [6.07, 6.45) is 0.887. The zero-order chi connectivity index (χ0) is 32.6. The highest BCUT2D eigenvalue weighted by atomic mass is 35.5. The van der Waals surface area contributed by atoms with Crippen molar-refractivity contribution in [2.75, 3.05) is 10.8 Å². The SMILES string of the molecule is CC[C@H](C)NC(=O)[C@H](Cc1ccccc1)N(Cc1cccc(C)c1)C(=O)CN(c1ccc(F)c(Cl)c1)S(=O)(=O)c1ccccc1. The average Bonchev–Trinajstić information content (AvgIpc) is 3.03. The summed E-state index contributed by atoms with van der Waals surface area (Å²) >= 11 is 6.07. The largest absolute Gasteiger partial charge is 0.352 e. The highest BCUT2D eigenvalue weighted by Gasteiger charge is 2.35. The monoisotopic (exact) mass is 649 g/mol. The second-order valence-corrected chi connectivity index (χ2v) is 13.2. The van der Waals surface area contributed by atoms with Crippen LogP contribution >= 0.6 is 11.6 Å². The minimum absolute atomic E-state index is 0.0118. The van der Waals surface area contributed by atoms with Gasteiger partial charge in [-0.15, -0.1) is 0 Å². The Kier molecular flexibility index (Phi) is 11.4. The molecule has 0 saturated heterocycles. The van der Waals surface area contributed by atoms with Gasteiger partial charge in [0.2, 0.25) is 11.8 Å². The summed E-state index contributed by atoms with van der Waals surface area (Å²) < 4.78 is 43.1. The van der Waals surface area contributed by atoms with Gasteiger partial charge in [0.15, 0.2) is 0 Å². The van der Waals surface area contributed by atoms with Gasteiger partial charge in [-0.2, -0.15) is 0 Å². The number of carbonyl (C=O) groups excluding carboxylic acids is 2. The van der Waals surface area contributed by atoms with Gasteiger partial charge in [-0.3, -0.25) is 13.9 Å². The van der Waals surface area contributed by atoms with Crippen molar-refractivity contribution in [2.24, 2.45) is 0 Å². The van der Waals surface area contributed by atoms with Crippen LogP contribution in [0.1, 0.15) is 37.0 Å². The molecule has 0 aliphatic carbocycles. The van der Waals surface area contributed by atoms with Crippen molar-refractivity contribution in [2.45, 2.75) is 57.1 Å². The zero-order valence-electron chi connectivity index (χ0n) is 25.5. The molecular formula is C35H37ClFN3O4S. The van der Waals surface area contributed by atoms with Gasteiger partial charge < -0.3 is 10.2 Å². The molecule has 0 unspecified atom stereocenters. The molecule has 7 nitrogen and oxygen atoms in total. The lowest BCUT2D eigenvalue weighted by molar-refractivity contribution is -0.140. The molecule has 45 heavy (non-hydrogen) atoms. The van der Waals surface area contributed by atoms with Crippen molar-refractivity contribution in [3.05, 3.63) is 131 Å². The molecule has 10 heteroatoms. The second-order valence-electron chi connectivity index (χ2n) is 11.0. The number of hydrogen-bond acceptors (Lipinski definition) is 4. The smallest absolute Gasteiger partial charge is 0.264 e. The Morgan fingerprint density at radius 1 is 0.889 bits per heavy atom. The van der Waals surface area contributed by atoms with E-state index in [0.29, 0.717) is 6.42 Å². The Bertz CT molecular complexity index is 1720. The lowest BCUT2D eigenvalue weighted by Gasteiger charge is -2.34. The number of rotatable bonds is 13. The van der Waals surface area contributed by atoms with Crippen LogP contribution in [0, 0.1) is 12.7 Å². The summed E-state index contributed by atoms with van der Waals surface area (Å²) in [7, 11) is -4.32. The van der Waals surface area contributed by atoms with E-state index in [0.717, 1.165) is 27.1 Å². The fraction of sp³-hybridized carbons (Fsp3) is 0.257. The molecular weight excluding hydrogens is 613 g/mol. The van der Waals surface area contributed by atoms with E-state index in [4.69, 9.17) is 11.6 Å². The Balaban J connectivity index is 1.82. The number of carbonyl (C=O) groups is 2. The zero-order valence-corrected chi connectivity index (χ0v) is 27.1. The summed E-state index contributed by atoms with van der Waals surface area (Å²) in [5.41, 5.74) is 2.60. The van der Waals surface area contributed by atoms with Gasteiger partial charge in [-0.1, -0.05) is 96.9 Å². The molecule has 2 atom stereocenters. The molecule has 0 aliphatic rings. The lowest BCUT2D eigenvalue weighted by atomic mass is 10.0. The van der Waals surface area contributed by atoms with Crippen LogP contribution in [0.5, 0.6) is 0 Å². The molecule has 0 bridgehead atoms. The Hall–Kier alpha value is -4.21. The van der Waals surface area contributed by atoms with Crippen LogP contribution in [0.2, 0.25) is 5.02 Å². The highest BCUT2D eigenvalue weighted by Crippen LogP contribution is 2.28. The van der Waals surface area contributed by atoms with Crippen LogP contribution in [0.4, 0.5) is 10.1 Å². The molecule has 0 aliphatic heterocycles. The molecule has 2 amide bonds. The van der Waals surface area contributed by atoms with Crippen LogP contribution in [-0.4, -0.2) is 43.8 Å². The minimum Gasteiger partial charge on any atom is -0.352 e. The van der Waals surface area contributed by atoms with Crippen molar-refractivity contribution in [3.8, 4) is 0 Å². The molecule has 4 rings (SSSR count). The maximum Gasteiger partial charge on any atom is 0.264 e. The van der Waals surface area contributed by atoms with Gasteiger partial charge in [0.25, 0.3) is 10.0 Å². The van der Waals surface area contributed by atoms with E-state index in [2.05, 4.69) is 5.32 Å². The topological polar surface area (TPSA) is 86.8 Å². The normalized spacial score (nSPS) is 12.6. The highest BCUT2D eigenvalue weighted by molar-refractivity contribution is 7.92. The number of aryl methyl sites for hydroxylation is 1. The Morgan fingerprint density at radius 3 is 2.16 bits per heavy atom. The summed E-state index contributed by atoms with van der Waals surface area (Å²) in [5, 5.41) is 2.72. The van der Waals surface area contributed by atoms with Crippen molar-refractivity contribution >= 4 is 39.1 Å². The van der Waals surface area contributed by atoms with Crippen LogP contribution < -0.4 is 9.62 Å². The fourth-order valence-electron chi connectivity index (χ4n) is 4.89. The molecule has 0 spiro atoms. The average molecular weight is 650 g/mol. The number of nitrogens with zero attached hydrogens (tertiary/aromatic N) is 2. The van der Waals surface area contributed by atoms with E-state index in [1.165, 1.54) is 29.2 Å². The Morgan fingerprint density at radius 2 is 1.53 bits per heavy atom. The number of halogens is 2. The molecule has 0 saturated carbocycles. The molecule has 4 aromatic carbocycles. The van der Waals surface area contributed by atoms with Crippen LogP contribution in [0.15, 0.2) is 108 Å². The van der Waals surface area contributed by atoms with Crippen molar-refractivity contribution in [1.29, 1.82) is 0 Å². The van der Waals surface area contributed by atoms with E-state index in [-0.39, 0.29) is 40.5 Å². The van der Waals surface area contributed by atoms with Gasteiger partial charge in [0, 0.05) is 19.0 Å². The number of hydrogen-bond donors (Lipinski definition) is 1. The van der Waals surface area contributed by atoms with E-state index in [1.807, 2.05) is 75.4 Å². The molecule has 0 aromatic heterocycles. The molecule has 236 valence electrons. The first-order valence-electron chi connectivity index (χ1n) is 14.7. The predicted octanol–water partition coefficient (Wildman–Crippen LogP) is 6.54. The standard InChI is InChI=1S/C35H37ClFN3O4S/c1-4-26(3)38-35(42)33(21-27-13-7-5-8-14-27)39(23-28-15-11-12-25(2)20-28)34(41)24-40(29-18-19-32(37)31(36)22-29)45(43,44)30-16-9-6-10-17-30/h5-20,22,26,33H,4,21,23-24H2,1-3H3,(H,38,42)/t26-,33-/m0/s1. The number of anilines is 1. The van der Waals surface area contributed by atoms with Crippen LogP contribution in [-0.2, 0) is 32.6 Å². The van der Waals surface area contributed by atoms with Crippen molar-refractivity contribution in [3.63, 3.8) is 0 Å². The van der Waals surface area contributed by atoms with Gasteiger partial charge in [0.1, 0.15) is 18.4 Å². The molecule has 4 aromatic rings. The molecule has 0 heterocycles. The van der Waals surface area contributed by atoms with Gasteiger partial charge >= 0.3 is 0 Å². The molecule has 0 fully saturated rings. The summed E-state index contributed by atoms with van der Waals surface area (Å²) in [6, 6.07) is 27.0. The van der Waals surface area contributed by atoms with Gasteiger partial charge in [-0.25, -0.2) is 12.8 Å². The van der Waals surface area contributed by atoms with Crippen molar-refractivity contribution < 1.29 is 22.4 Å². The second kappa shape index (κ2) is 15.2. The quantitative estimate of drug-likeness (QED) is 0.178. The van der Waals surface area contributed by atoms with Crippen LogP contribution in [0.3, 0.4) is 0 Å². The van der Waals surface area contributed by atoms with Gasteiger partial charge in [0.05, 0.1) is 15.6 Å².